The van der Waals surface area contributed by atoms with Gasteiger partial charge in [0.2, 0.25) is 15.4 Å². The fraction of sp³-hybridized carbons (Fsp3) is 0.632. The first-order chi connectivity index (χ1) is 42.4. The summed E-state index contributed by atoms with van der Waals surface area (Å²) in [6.45, 7) is 12.8. The van der Waals surface area contributed by atoms with Crippen LogP contribution in [0.5, 0.6) is 0 Å². The van der Waals surface area contributed by atoms with Gasteiger partial charge < -0.3 is 37.3 Å². The van der Waals surface area contributed by atoms with E-state index in [-0.39, 0.29) is 18.4 Å². The summed E-state index contributed by atoms with van der Waals surface area (Å²) in [5.74, 6) is -0.711. The number of carbonyl (C=O) groups is 2. The van der Waals surface area contributed by atoms with Crippen LogP contribution in [0.25, 0.3) is 33.4 Å². The van der Waals surface area contributed by atoms with Crippen molar-refractivity contribution in [2.45, 2.75) is 237 Å². The van der Waals surface area contributed by atoms with Crippen molar-refractivity contribution >= 4 is 56.6 Å². The molecule has 20 heteroatoms. The Balaban J connectivity index is 1.36. The van der Waals surface area contributed by atoms with Gasteiger partial charge in [-0.05, 0) is 122 Å². The lowest BCUT2D eigenvalue weighted by Gasteiger charge is -2.25. The Kier molecular flexibility index (Phi) is 36.5. The van der Waals surface area contributed by atoms with Crippen LogP contribution in [0.4, 0.5) is 5.69 Å². The molecule has 4 rings (SSSR count). The standard InChI is InChI=1S/C68H106N3O14PS2/c1-7-13-15-17-19-21-23-25-27-29-31-33-35-37-39-41-66(72)81-54-58(84-67(73)42-40-38-36-34-32-30-28-26-24-22-20-18-16-14-8-2)55-83-86(74,75)82-50-49-69-87(76,77)59-45-48-62(65(53-59)88(78,79)80)68-60-46-43-56(70(9-3)10-4)51-63(60)85-64-52-57(44-47-61(64)68)71(11-5)12-6/h25-28,43-48,51-53,58,69H,7-24,29-42,49-50,54-55H2,1-6H3,(H-,74,75,78,79,80)/p-1/b27-25-,28-26-/t58-/m1/s1. The summed E-state index contributed by atoms with van der Waals surface area (Å²) in [6.07, 6.45) is 36.7. The smallest absolute Gasteiger partial charge is 0.306 e. The Hall–Kier alpha value is -4.72. The number of esters is 2. The van der Waals surface area contributed by atoms with Crippen LogP contribution in [-0.4, -0.2) is 92.0 Å². The Morgan fingerprint density at radius 2 is 1.15 bits per heavy atom. The van der Waals surface area contributed by atoms with E-state index >= 15 is 0 Å². The van der Waals surface area contributed by atoms with Gasteiger partial charge >= 0.3 is 11.9 Å². The number of nitrogens with one attached hydrogen (secondary N) is 1. The number of phosphoric ester groups is 1. The fourth-order valence-electron chi connectivity index (χ4n) is 10.7. The van der Waals surface area contributed by atoms with E-state index in [2.05, 4.69) is 52.3 Å². The van der Waals surface area contributed by atoms with E-state index in [1.807, 2.05) is 52.0 Å². The summed E-state index contributed by atoms with van der Waals surface area (Å²) in [5.41, 5.74) is 2.07. The molecule has 1 unspecified atom stereocenters. The summed E-state index contributed by atoms with van der Waals surface area (Å²) in [6, 6.07) is 14.2. The van der Waals surface area contributed by atoms with Crippen LogP contribution in [0, 0.1) is 0 Å². The zero-order chi connectivity index (χ0) is 64.1. The third-order valence-corrected chi connectivity index (χ3v) is 19.1. The molecule has 0 spiro atoms. The molecule has 2 atom stereocenters. The zero-order valence-electron chi connectivity index (χ0n) is 53.9. The molecular formula is C68H105N3O14PS2-. The molecule has 0 aromatic heterocycles. The van der Waals surface area contributed by atoms with Gasteiger partial charge in [0.25, 0.3) is 7.82 Å². The largest absolute Gasteiger partial charge is 0.756 e. The van der Waals surface area contributed by atoms with Crippen molar-refractivity contribution in [2.75, 3.05) is 57.4 Å². The summed E-state index contributed by atoms with van der Waals surface area (Å²) in [4.78, 5) is 39.7. The molecule has 1 aliphatic heterocycles. The molecule has 1 aliphatic carbocycles. The maximum absolute atomic E-state index is 13.7. The number of fused-ring (bicyclic) bond motifs is 2. The lowest BCUT2D eigenvalue weighted by Crippen LogP contribution is -2.31. The van der Waals surface area contributed by atoms with Crippen molar-refractivity contribution in [2.24, 2.45) is 0 Å². The molecule has 0 bridgehead atoms. The second kappa shape index (κ2) is 42.4. The number of hydrogen-bond acceptors (Lipinski definition) is 15. The number of sulfonamides is 1. The Bertz CT molecular complexity index is 3060. The number of allylic oxidation sites excluding steroid dienone is 4. The predicted molar refractivity (Wildman–Crippen MR) is 351 cm³/mol. The minimum Gasteiger partial charge on any atom is -0.756 e. The minimum atomic E-state index is -5.34. The molecule has 88 heavy (non-hydrogen) atoms. The number of nitrogens with zero attached hydrogens (tertiary/aromatic N) is 2. The number of hydrogen-bond donors (Lipinski definition) is 1. The molecule has 2 aromatic rings. The van der Waals surface area contributed by atoms with Gasteiger partial charge in [0.15, 0.2) is 6.10 Å². The van der Waals surface area contributed by atoms with E-state index in [0.29, 0.717) is 66.9 Å². The van der Waals surface area contributed by atoms with Gasteiger partial charge in [0.1, 0.15) is 41.2 Å². The summed E-state index contributed by atoms with van der Waals surface area (Å²) >= 11 is 0. The normalized spacial score (nSPS) is 13.2. The Morgan fingerprint density at radius 3 is 1.68 bits per heavy atom. The van der Waals surface area contributed by atoms with E-state index in [4.69, 9.17) is 22.9 Å². The monoisotopic (exact) mass is 1280 g/mol. The lowest BCUT2D eigenvalue weighted by atomic mass is 9.93. The number of ether oxygens (including phenoxy) is 2. The zero-order valence-corrected chi connectivity index (χ0v) is 56.4. The second-order valence-electron chi connectivity index (χ2n) is 22.7. The first-order valence-corrected chi connectivity index (χ1v) is 37.5. The average Bonchev–Trinajstić information content (AvgIpc) is 0.788. The van der Waals surface area contributed by atoms with Gasteiger partial charge in [-0.15, -0.1) is 0 Å². The molecule has 0 amide bonds. The predicted octanol–water partition coefficient (Wildman–Crippen LogP) is 15.1. The molecule has 17 nitrogen and oxygen atoms in total. The molecule has 0 radical (unpaired) electrons. The first kappa shape index (κ1) is 75.7. The maximum Gasteiger partial charge on any atom is 0.306 e. The van der Waals surface area contributed by atoms with Crippen LogP contribution < -0.4 is 24.4 Å². The second-order valence-corrected chi connectivity index (χ2v) is 27.3. The highest BCUT2D eigenvalue weighted by atomic mass is 32.2. The number of rotatable bonds is 49. The number of benzene rings is 3. The van der Waals surface area contributed by atoms with E-state index in [1.54, 1.807) is 12.1 Å². The van der Waals surface area contributed by atoms with Gasteiger partial charge in [0.05, 0.1) is 29.1 Å². The summed E-state index contributed by atoms with van der Waals surface area (Å²) in [7, 11) is -15.1. The van der Waals surface area contributed by atoms with Crippen molar-refractivity contribution < 1.29 is 63.4 Å². The topological polar surface area (TPSA) is 234 Å². The van der Waals surface area contributed by atoms with Gasteiger partial charge in [-0.3, -0.25) is 14.2 Å². The van der Waals surface area contributed by atoms with Gasteiger partial charge in [0, 0.05) is 72.4 Å². The van der Waals surface area contributed by atoms with Crippen molar-refractivity contribution in [1.82, 2.24) is 9.30 Å². The SMILES string of the molecule is CCCCCCCC/C=C\CCCCCCCC(=O)OC[C@H](COP(=O)([O-])OCCNS(=O)(=O)c1ccc(-c2c3ccc(=[N+](CC)CC)cc-3oc3cc(N(CC)CC)ccc23)c(S(=O)(=O)[O-])c1)OC(=O)CCCCCCC/C=C\CCCCCCCC. The molecule has 1 N–H and O–H groups in total. The van der Waals surface area contributed by atoms with Crippen LogP contribution in [0.2, 0.25) is 0 Å². The highest BCUT2D eigenvalue weighted by molar-refractivity contribution is 7.89. The lowest BCUT2D eigenvalue weighted by molar-refractivity contribution is -0.228. The van der Waals surface area contributed by atoms with Crippen molar-refractivity contribution in [1.29, 1.82) is 0 Å². The molecule has 2 aliphatic rings. The van der Waals surface area contributed by atoms with E-state index in [0.717, 1.165) is 100 Å². The third-order valence-electron chi connectivity index (χ3n) is 15.8. The van der Waals surface area contributed by atoms with Crippen molar-refractivity contribution in [3.63, 3.8) is 0 Å². The van der Waals surface area contributed by atoms with E-state index in [9.17, 15) is 40.4 Å². The van der Waals surface area contributed by atoms with Crippen molar-refractivity contribution in [3.05, 3.63) is 84.3 Å². The molecule has 0 fully saturated rings. The highest BCUT2D eigenvalue weighted by Crippen LogP contribution is 2.44. The fourth-order valence-corrected chi connectivity index (χ4v) is 13.3. The molecule has 2 aromatic carbocycles. The molecule has 1 heterocycles. The summed E-state index contributed by atoms with van der Waals surface area (Å²) in [5, 5.41) is 1.35. The number of unbranched alkanes of at least 4 members (excludes halogenated alkanes) is 22. The summed E-state index contributed by atoms with van der Waals surface area (Å²) < 4.78 is 112. The van der Waals surface area contributed by atoms with Crippen LogP contribution in [0.1, 0.15) is 221 Å². The average molecular weight is 1280 g/mol. The van der Waals surface area contributed by atoms with Crippen LogP contribution in [0.3, 0.4) is 0 Å². The van der Waals surface area contributed by atoms with Gasteiger partial charge in [-0.2, -0.15) is 0 Å². The highest BCUT2D eigenvalue weighted by Gasteiger charge is 2.26. The maximum atomic E-state index is 13.7. The Labute approximate surface area is 527 Å². The van der Waals surface area contributed by atoms with Gasteiger partial charge in [-0.25, -0.2) is 26.1 Å². The van der Waals surface area contributed by atoms with Crippen LogP contribution >= 0.6 is 7.82 Å². The molecular weight excluding hydrogens is 1180 g/mol. The van der Waals surface area contributed by atoms with Crippen molar-refractivity contribution in [3.8, 4) is 22.5 Å². The van der Waals surface area contributed by atoms with Gasteiger partial charge in [-0.1, -0.05) is 147 Å². The molecule has 0 saturated heterocycles. The number of phosphoric acid groups is 1. The van der Waals surface area contributed by atoms with E-state index < -0.39 is 82.2 Å². The number of anilines is 1. The van der Waals surface area contributed by atoms with Crippen LogP contribution in [0.15, 0.2) is 93.1 Å². The number of carbonyl (C=O) groups excluding carboxylic acids is 2. The quantitative estimate of drug-likeness (QED) is 0.00823. The molecule has 494 valence electrons. The molecule has 0 saturated carbocycles. The first-order valence-electron chi connectivity index (χ1n) is 33.1. The Morgan fingerprint density at radius 1 is 0.625 bits per heavy atom. The minimum absolute atomic E-state index is 0.0427. The third kappa shape index (κ3) is 28.2. The van der Waals surface area contributed by atoms with E-state index in [1.165, 1.54) is 83.1 Å². The van der Waals surface area contributed by atoms with Crippen LogP contribution in [-0.2, 0) is 52.8 Å².